The summed E-state index contributed by atoms with van der Waals surface area (Å²) in [5.74, 6) is 0.293. The molecule has 1 N–H and O–H groups in total. The second-order valence-electron chi connectivity index (χ2n) is 3.20. The van der Waals surface area contributed by atoms with Crippen molar-refractivity contribution >= 4 is 5.91 Å². The summed E-state index contributed by atoms with van der Waals surface area (Å²) in [6, 6.07) is 0.457. The summed E-state index contributed by atoms with van der Waals surface area (Å²) in [5, 5.41) is 2.86. The van der Waals surface area contributed by atoms with Gasteiger partial charge in [-0.2, -0.15) is 0 Å². The summed E-state index contributed by atoms with van der Waals surface area (Å²) in [4.78, 5) is 10.9. The first-order valence-corrected chi connectivity index (χ1v) is 3.57. The molecule has 1 aliphatic heterocycles. The van der Waals surface area contributed by atoms with Crippen molar-refractivity contribution in [2.45, 2.75) is 32.2 Å². The van der Waals surface area contributed by atoms with Gasteiger partial charge in [0.1, 0.15) is 0 Å². The molecule has 2 aliphatic rings. The van der Waals surface area contributed by atoms with Gasteiger partial charge >= 0.3 is 0 Å². The molecule has 0 aromatic carbocycles. The summed E-state index contributed by atoms with van der Waals surface area (Å²) >= 11 is 0. The molecule has 2 fully saturated rings. The Morgan fingerprint density at radius 1 is 1.67 bits per heavy atom. The lowest BCUT2D eigenvalue weighted by atomic mass is 9.59. The molecule has 2 heteroatoms. The van der Waals surface area contributed by atoms with E-state index in [0.29, 0.717) is 11.9 Å². The van der Waals surface area contributed by atoms with Crippen LogP contribution in [0.25, 0.3) is 0 Å². The standard InChI is InChI=1S/C7H11NO/c1-5-7(3-2-4-7)6(9)8-5/h5H,2-4H2,1H3,(H,8,9)/t5-/m0/s1. The van der Waals surface area contributed by atoms with E-state index in [1.807, 2.05) is 0 Å². The second kappa shape index (κ2) is 1.31. The zero-order valence-corrected chi connectivity index (χ0v) is 5.61. The van der Waals surface area contributed by atoms with E-state index in [9.17, 15) is 4.79 Å². The van der Waals surface area contributed by atoms with E-state index < -0.39 is 0 Å². The second-order valence-corrected chi connectivity index (χ2v) is 3.20. The highest BCUT2D eigenvalue weighted by atomic mass is 16.2. The minimum atomic E-state index is 0.111. The fourth-order valence-corrected chi connectivity index (χ4v) is 1.82. The number of carbonyl (C=O) groups is 1. The van der Waals surface area contributed by atoms with E-state index in [2.05, 4.69) is 12.2 Å². The van der Waals surface area contributed by atoms with E-state index in [1.54, 1.807) is 0 Å². The number of hydrogen-bond donors (Lipinski definition) is 1. The lowest BCUT2D eigenvalue weighted by Crippen LogP contribution is -2.68. The number of β-lactam (4-membered cyclic amide) rings is 1. The summed E-state index contributed by atoms with van der Waals surface area (Å²) in [7, 11) is 0. The molecule has 0 radical (unpaired) electrons. The van der Waals surface area contributed by atoms with Gasteiger partial charge in [-0.3, -0.25) is 4.79 Å². The van der Waals surface area contributed by atoms with Gasteiger partial charge in [0.15, 0.2) is 0 Å². The van der Waals surface area contributed by atoms with Crippen molar-refractivity contribution in [3.05, 3.63) is 0 Å². The van der Waals surface area contributed by atoms with Gasteiger partial charge in [0.2, 0.25) is 5.91 Å². The van der Waals surface area contributed by atoms with Crippen LogP contribution in [0.1, 0.15) is 26.2 Å². The highest BCUT2D eigenvalue weighted by Crippen LogP contribution is 2.48. The van der Waals surface area contributed by atoms with Crippen molar-refractivity contribution in [1.82, 2.24) is 5.32 Å². The zero-order chi connectivity index (χ0) is 6.48. The van der Waals surface area contributed by atoms with Gasteiger partial charge in [-0.25, -0.2) is 0 Å². The van der Waals surface area contributed by atoms with E-state index in [4.69, 9.17) is 0 Å². The lowest BCUT2D eigenvalue weighted by Gasteiger charge is -2.53. The molecule has 0 aromatic heterocycles. The summed E-state index contributed by atoms with van der Waals surface area (Å²) in [6.45, 7) is 2.10. The Labute approximate surface area is 54.6 Å². The monoisotopic (exact) mass is 125 g/mol. The van der Waals surface area contributed by atoms with Gasteiger partial charge < -0.3 is 5.32 Å². The van der Waals surface area contributed by atoms with E-state index >= 15 is 0 Å². The molecular formula is C7H11NO. The van der Waals surface area contributed by atoms with Crippen LogP contribution in [0.3, 0.4) is 0 Å². The molecule has 1 aliphatic carbocycles. The third kappa shape index (κ3) is 0.406. The topological polar surface area (TPSA) is 29.1 Å². The lowest BCUT2D eigenvalue weighted by molar-refractivity contribution is -0.153. The molecule has 0 aromatic rings. The Kier molecular flexibility index (Phi) is 0.765. The third-order valence-electron chi connectivity index (χ3n) is 2.87. The van der Waals surface area contributed by atoms with Crippen molar-refractivity contribution < 1.29 is 4.79 Å². The summed E-state index contributed by atoms with van der Waals surface area (Å²) in [6.07, 6.45) is 3.50. The van der Waals surface area contributed by atoms with Gasteiger partial charge in [-0.15, -0.1) is 0 Å². The zero-order valence-electron chi connectivity index (χ0n) is 5.61. The molecule has 2 nitrogen and oxygen atoms in total. The molecule has 0 bridgehead atoms. The largest absolute Gasteiger partial charge is 0.352 e. The van der Waals surface area contributed by atoms with Gasteiger partial charge in [0.05, 0.1) is 5.41 Å². The molecule has 9 heavy (non-hydrogen) atoms. The average Bonchev–Trinajstić information content (AvgIpc) is 1.60. The molecular weight excluding hydrogens is 114 g/mol. The molecule has 1 saturated heterocycles. The molecule has 1 saturated carbocycles. The molecule has 1 atom stereocenters. The van der Waals surface area contributed by atoms with Crippen LogP contribution in [0.15, 0.2) is 0 Å². The van der Waals surface area contributed by atoms with E-state index in [1.165, 1.54) is 6.42 Å². The number of rotatable bonds is 0. The van der Waals surface area contributed by atoms with Crippen molar-refractivity contribution in [2.75, 3.05) is 0 Å². The molecule has 1 spiro atoms. The van der Waals surface area contributed by atoms with Crippen LogP contribution in [0.5, 0.6) is 0 Å². The van der Waals surface area contributed by atoms with Crippen LogP contribution in [-0.2, 0) is 4.79 Å². The first-order valence-electron chi connectivity index (χ1n) is 3.57. The molecule has 50 valence electrons. The smallest absolute Gasteiger partial charge is 0.228 e. The van der Waals surface area contributed by atoms with Crippen LogP contribution in [0.4, 0.5) is 0 Å². The Balaban J connectivity index is 2.17. The first-order chi connectivity index (χ1) is 4.26. The Hall–Kier alpha value is -0.530. The normalized spacial score (nSPS) is 37.0. The summed E-state index contributed by atoms with van der Waals surface area (Å²) in [5.41, 5.74) is 0.111. The van der Waals surface area contributed by atoms with Gasteiger partial charge in [-0.05, 0) is 19.8 Å². The van der Waals surface area contributed by atoms with Crippen molar-refractivity contribution in [2.24, 2.45) is 5.41 Å². The molecule has 1 amide bonds. The molecule has 1 heterocycles. The quantitative estimate of drug-likeness (QED) is 0.474. The summed E-state index contributed by atoms with van der Waals surface area (Å²) < 4.78 is 0. The maximum Gasteiger partial charge on any atom is 0.228 e. The number of amides is 1. The Morgan fingerprint density at radius 2 is 2.33 bits per heavy atom. The van der Waals surface area contributed by atoms with Crippen LogP contribution in [0, 0.1) is 5.41 Å². The highest BCUT2D eigenvalue weighted by molar-refractivity contribution is 5.90. The maximum absolute atomic E-state index is 10.9. The first kappa shape index (κ1) is 5.27. The minimum absolute atomic E-state index is 0.111. The number of hydrogen-bond acceptors (Lipinski definition) is 1. The minimum Gasteiger partial charge on any atom is -0.352 e. The van der Waals surface area contributed by atoms with E-state index in [0.717, 1.165) is 12.8 Å². The van der Waals surface area contributed by atoms with Crippen LogP contribution in [0.2, 0.25) is 0 Å². The van der Waals surface area contributed by atoms with Gasteiger partial charge in [0, 0.05) is 6.04 Å². The van der Waals surface area contributed by atoms with Crippen LogP contribution < -0.4 is 5.32 Å². The van der Waals surface area contributed by atoms with Crippen LogP contribution >= 0.6 is 0 Å². The van der Waals surface area contributed by atoms with E-state index in [-0.39, 0.29) is 5.41 Å². The predicted octanol–water partition coefficient (Wildman–Crippen LogP) is 0.675. The average molecular weight is 125 g/mol. The number of carbonyl (C=O) groups excluding carboxylic acids is 1. The fraction of sp³-hybridized carbons (Fsp3) is 0.857. The maximum atomic E-state index is 10.9. The van der Waals surface area contributed by atoms with Crippen molar-refractivity contribution in [1.29, 1.82) is 0 Å². The molecule has 0 unspecified atom stereocenters. The van der Waals surface area contributed by atoms with Gasteiger partial charge in [0.25, 0.3) is 0 Å². The SMILES string of the molecule is C[C@@H]1NC(=O)C12CCC2. The Morgan fingerprint density at radius 3 is 2.44 bits per heavy atom. The van der Waals surface area contributed by atoms with Crippen molar-refractivity contribution in [3.63, 3.8) is 0 Å². The third-order valence-corrected chi connectivity index (χ3v) is 2.87. The number of nitrogens with one attached hydrogen (secondary N) is 1. The Bertz CT molecular complexity index is 160. The van der Waals surface area contributed by atoms with Crippen LogP contribution in [-0.4, -0.2) is 11.9 Å². The predicted molar refractivity (Wildman–Crippen MR) is 33.9 cm³/mol. The highest BCUT2D eigenvalue weighted by Gasteiger charge is 2.56. The van der Waals surface area contributed by atoms with Gasteiger partial charge in [-0.1, -0.05) is 6.42 Å². The molecule has 2 rings (SSSR count). The van der Waals surface area contributed by atoms with Crippen molar-refractivity contribution in [3.8, 4) is 0 Å². The fourth-order valence-electron chi connectivity index (χ4n) is 1.82.